The lowest BCUT2D eigenvalue weighted by molar-refractivity contribution is -0.119. The molecule has 2 aliphatic heterocycles. The number of nitrogens with zero attached hydrogens (tertiary/aromatic N) is 4. The van der Waals surface area contributed by atoms with Gasteiger partial charge in [-0.15, -0.1) is 0 Å². The molecule has 0 saturated carbocycles. The van der Waals surface area contributed by atoms with Gasteiger partial charge in [0.15, 0.2) is 11.6 Å². The number of rotatable bonds is 6. The quantitative estimate of drug-likeness (QED) is 0.758. The van der Waals surface area contributed by atoms with Gasteiger partial charge in [0.25, 0.3) is 0 Å². The fourth-order valence-electron chi connectivity index (χ4n) is 4.06. The first kappa shape index (κ1) is 21.3. The summed E-state index contributed by atoms with van der Waals surface area (Å²) >= 11 is 0. The standard InChI is InChI=1S/C22H27F2N5O2/c1-14(26-15(2)30)16-3-5-18(6-4-16)31-19-8-10-28(13-19)21-20(24)11-25-22(27-21)29-9-7-17(23)12-29/h3-6,11,14,17,19H,7-10,12-13H2,1-2H3,(H,26,30)/t14-,17+,19+/m0/s1. The number of carbonyl (C=O) groups excluding carboxylic acids is 1. The molecule has 0 spiro atoms. The first-order valence-electron chi connectivity index (χ1n) is 10.6. The van der Waals surface area contributed by atoms with Crippen LogP contribution < -0.4 is 19.9 Å². The molecule has 7 nitrogen and oxygen atoms in total. The van der Waals surface area contributed by atoms with E-state index in [9.17, 15) is 13.6 Å². The van der Waals surface area contributed by atoms with Crippen molar-refractivity contribution in [3.63, 3.8) is 0 Å². The second kappa shape index (κ2) is 9.03. The molecule has 0 unspecified atom stereocenters. The zero-order chi connectivity index (χ0) is 22.0. The van der Waals surface area contributed by atoms with Gasteiger partial charge in [0.2, 0.25) is 11.9 Å². The zero-order valence-corrected chi connectivity index (χ0v) is 17.7. The number of carbonyl (C=O) groups is 1. The number of alkyl halides is 1. The van der Waals surface area contributed by atoms with Crippen molar-refractivity contribution in [2.75, 3.05) is 36.0 Å². The summed E-state index contributed by atoms with van der Waals surface area (Å²) in [6.45, 7) is 5.31. The third-order valence-electron chi connectivity index (χ3n) is 5.67. The first-order chi connectivity index (χ1) is 14.9. The van der Waals surface area contributed by atoms with Crippen molar-refractivity contribution in [3.8, 4) is 5.75 Å². The van der Waals surface area contributed by atoms with Crippen molar-refractivity contribution in [2.45, 2.75) is 45.0 Å². The van der Waals surface area contributed by atoms with Crippen LogP contribution in [-0.4, -0.2) is 54.3 Å². The Morgan fingerprint density at radius 1 is 1.19 bits per heavy atom. The van der Waals surface area contributed by atoms with Crippen molar-refractivity contribution in [1.82, 2.24) is 15.3 Å². The molecule has 9 heteroatoms. The summed E-state index contributed by atoms with van der Waals surface area (Å²) in [4.78, 5) is 23.2. The molecule has 3 heterocycles. The molecular formula is C22H27F2N5O2. The lowest BCUT2D eigenvalue weighted by Gasteiger charge is -2.21. The average molecular weight is 431 g/mol. The van der Waals surface area contributed by atoms with E-state index in [1.165, 1.54) is 6.92 Å². The highest BCUT2D eigenvalue weighted by molar-refractivity contribution is 5.73. The maximum atomic E-state index is 14.4. The molecule has 2 aromatic rings. The van der Waals surface area contributed by atoms with Crippen LogP contribution in [0.4, 0.5) is 20.5 Å². The van der Waals surface area contributed by atoms with Crippen LogP contribution in [0.5, 0.6) is 5.75 Å². The molecule has 0 aliphatic carbocycles. The number of amides is 1. The Bertz CT molecular complexity index is 927. The molecule has 2 aliphatic rings. The molecule has 1 aromatic heterocycles. The highest BCUT2D eigenvalue weighted by Crippen LogP contribution is 2.27. The molecule has 166 valence electrons. The average Bonchev–Trinajstić information content (AvgIpc) is 3.37. The molecule has 2 saturated heterocycles. The topological polar surface area (TPSA) is 70.6 Å². The van der Waals surface area contributed by atoms with Crippen LogP contribution in [0.3, 0.4) is 0 Å². The SMILES string of the molecule is CC(=O)N[C@@H](C)c1ccc(O[C@@H]2CCN(c3nc(N4CC[C@@H](F)C4)ncc3F)C2)cc1. The molecule has 4 rings (SSSR count). The Hall–Kier alpha value is -2.97. The Kier molecular flexibility index (Phi) is 6.20. The monoisotopic (exact) mass is 431 g/mol. The molecule has 0 radical (unpaired) electrons. The van der Waals surface area contributed by atoms with Crippen LogP contribution in [0.1, 0.15) is 38.3 Å². The minimum absolute atomic E-state index is 0.0757. The van der Waals surface area contributed by atoms with Crippen LogP contribution in [-0.2, 0) is 4.79 Å². The first-order valence-corrected chi connectivity index (χ1v) is 10.6. The minimum atomic E-state index is -0.894. The van der Waals surface area contributed by atoms with Crippen molar-refractivity contribution in [1.29, 1.82) is 0 Å². The van der Waals surface area contributed by atoms with Crippen molar-refractivity contribution in [3.05, 3.63) is 41.8 Å². The molecular weight excluding hydrogens is 404 g/mol. The predicted molar refractivity (Wildman–Crippen MR) is 114 cm³/mol. The van der Waals surface area contributed by atoms with E-state index in [2.05, 4.69) is 15.3 Å². The summed E-state index contributed by atoms with van der Waals surface area (Å²) in [5.74, 6) is 0.758. The van der Waals surface area contributed by atoms with E-state index in [0.29, 0.717) is 32.0 Å². The fourth-order valence-corrected chi connectivity index (χ4v) is 4.06. The largest absolute Gasteiger partial charge is 0.489 e. The maximum Gasteiger partial charge on any atom is 0.227 e. The number of hydrogen-bond donors (Lipinski definition) is 1. The molecule has 1 aromatic carbocycles. The normalized spacial score (nSPS) is 21.9. The van der Waals surface area contributed by atoms with Crippen molar-refractivity contribution < 1.29 is 18.3 Å². The number of ether oxygens (including phenoxy) is 1. The molecule has 3 atom stereocenters. The third kappa shape index (κ3) is 5.03. The van der Waals surface area contributed by atoms with Gasteiger partial charge in [0.1, 0.15) is 18.0 Å². The lowest BCUT2D eigenvalue weighted by Crippen LogP contribution is -2.28. The van der Waals surface area contributed by atoms with E-state index in [-0.39, 0.29) is 30.4 Å². The number of benzene rings is 1. The van der Waals surface area contributed by atoms with Crippen LogP contribution in [0.2, 0.25) is 0 Å². The van der Waals surface area contributed by atoms with Gasteiger partial charge in [0.05, 0.1) is 25.3 Å². The summed E-state index contributed by atoms with van der Waals surface area (Å²) in [5.41, 5.74) is 0.989. The summed E-state index contributed by atoms with van der Waals surface area (Å²) in [7, 11) is 0. The van der Waals surface area contributed by atoms with Crippen LogP contribution in [0.15, 0.2) is 30.5 Å². The van der Waals surface area contributed by atoms with E-state index in [4.69, 9.17) is 4.74 Å². The maximum absolute atomic E-state index is 14.4. The summed E-state index contributed by atoms with van der Waals surface area (Å²) in [5, 5.41) is 2.85. The number of anilines is 2. The van der Waals surface area contributed by atoms with E-state index in [0.717, 1.165) is 23.9 Å². The molecule has 2 fully saturated rings. The third-order valence-corrected chi connectivity index (χ3v) is 5.67. The lowest BCUT2D eigenvalue weighted by atomic mass is 10.1. The second-order valence-electron chi connectivity index (χ2n) is 8.14. The number of nitrogens with one attached hydrogen (secondary N) is 1. The highest BCUT2D eigenvalue weighted by atomic mass is 19.1. The van der Waals surface area contributed by atoms with Crippen LogP contribution in [0.25, 0.3) is 0 Å². The van der Waals surface area contributed by atoms with E-state index in [1.807, 2.05) is 36.1 Å². The van der Waals surface area contributed by atoms with E-state index in [1.54, 1.807) is 4.90 Å². The summed E-state index contributed by atoms with van der Waals surface area (Å²) in [6, 6.07) is 7.52. The van der Waals surface area contributed by atoms with Gasteiger partial charge in [-0.25, -0.2) is 13.8 Å². The van der Waals surface area contributed by atoms with Gasteiger partial charge in [0, 0.05) is 26.4 Å². The predicted octanol–water partition coefficient (Wildman–Crippen LogP) is 3.02. The molecule has 1 amide bonds. The summed E-state index contributed by atoms with van der Waals surface area (Å²) < 4.78 is 34.0. The summed E-state index contributed by atoms with van der Waals surface area (Å²) in [6.07, 6.45) is 1.34. The van der Waals surface area contributed by atoms with Crippen LogP contribution in [0, 0.1) is 5.82 Å². The molecule has 1 N–H and O–H groups in total. The number of aromatic nitrogens is 2. The van der Waals surface area contributed by atoms with Crippen molar-refractivity contribution >= 4 is 17.7 Å². The Balaban J connectivity index is 1.38. The minimum Gasteiger partial charge on any atom is -0.489 e. The van der Waals surface area contributed by atoms with Gasteiger partial charge < -0.3 is 19.9 Å². The van der Waals surface area contributed by atoms with Crippen LogP contribution >= 0.6 is 0 Å². The Labute approximate surface area is 180 Å². The fraction of sp³-hybridized carbons (Fsp3) is 0.500. The smallest absolute Gasteiger partial charge is 0.227 e. The second-order valence-corrected chi connectivity index (χ2v) is 8.14. The van der Waals surface area contributed by atoms with Gasteiger partial charge >= 0.3 is 0 Å². The number of halogens is 2. The Morgan fingerprint density at radius 2 is 1.94 bits per heavy atom. The van der Waals surface area contributed by atoms with Gasteiger partial charge in [-0.1, -0.05) is 12.1 Å². The van der Waals surface area contributed by atoms with Crippen molar-refractivity contribution in [2.24, 2.45) is 0 Å². The van der Waals surface area contributed by atoms with E-state index < -0.39 is 12.0 Å². The van der Waals surface area contributed by atoms with Gasteiger partial charge in [-0.2, -0.15) is 4.98 Å². The van der Waals surface area contributed by atoms with E-state index >= 15 is 0 Å². The highest BCUT2D eigenvalue weighted by Gasteiger charge is 2.29. The zero-order valence-electron chi connectivity index (χ0n) is 17.7. The molecule has 0 bridgehead atoms. The Morgan fingerprint density at radius 3 is 2.61 bits per heavy atom. The van der Waals surface area contributed by atoms with Gasteiger partial charge in [-0.05, 0) is 31.0 Å². The van der Waals surface area contributed by atoms with Gasteiger partial charge in [-0.3, -0.25) is 4.79 Å². The number of hydrogen-bond acceptors (Lipinski definition) is 6. The molecule has 31 heavy (non-hydrogen) atoms.